The van der Waals surface area contributed by atoms with Crippen LogP contribution in [0, 0.1) is 0 Å². The van der Waals surface area contributed by atoms with Gasteiger partial charge < -0.3 is 5.43 Å². The van der Waals surface area contributed by atoms with Crippen molar-refractivity contribution in [2.45, 2.75) is 29.7 Å². The van der Waals surface area contributed by atoms with Crippen LogP contribution < -0.4 is 16.8 Å². The van der Waals surface area contributed by atoms with E-state index in [4.69, 9.17) is 29.0 Å². The number of benzene rings is 1. The molecule has 0 atom stereocenters. The zero-order valence-corrected chi connectivity index (χ0v) is 13.7. The first-order valence-corrected chi connectivity index (χ1v) is 7.72. The summed E-state index contributed by atoms with van der Waals surface area (Å²) in [5, 5.41) is 8.03. The van der Waals surface area contributed by atoms with Crippen LogP contribution in [0.4, 0.5) is 5.69 Å². The second kappa shape index (κ2) is 6.70. The molecule has 0 amide bonds. The Labute approximate surface area is 136 Å². The summed E-state index contributed by atoms with van der Waals surface area (Å²) in [4.78, 5) is 12.3. The highest BCUT2D eigenvalue weighted by molar-refractivity contribution is 7.99. The van der Waals surface area contributed by atoms with E-state index in [0.717, 1.165) is 0 Å². The molecule has 0 saturated heterocycles. The molecule has 0 unspecified atom stereocenters. The number of H-pyrrole nitrogens is 1. The molecule has 0 spiro atoms. The molecular formula is C13H14Cl2N4OS. The molecule has 4 N–H and O–H groups in total. The highest BCUT2D eigenvalue weighted by Crippen LogP contribution is 2.39. The van der Waals surface area contributed by atoms with Gasteiger partial charge in [0.25, 0.3) is 5.56 Å². The normalized spacial score (nSPS) is 11.0. The maximum absolute atomic E-state index is 11.7. The molecule has 112 valence electrons. The van der Waals surface area contributed by atoms with E-state index in [1.54, 1.807) is 18.2 Å². The van der Waals surface area contributed by atoms with Crippen LogP contribution in [0.3, 0.4) is 0 Å². The Balaban J connectivity index is 2.39. The number of hydrogen-bond acceptors (Lipinski definition) is 5. The Hall–Kier alpha value is -1.21. The van der Waals surface area contributed by atoms with Gasteiger partial charge in [0.05, 0.1) is 20.6 Å². The van der Waals surface area contributed by atoms with Crippen molar-refractivity contribution in [2.75, 3.05) is 5.43 Å². The number of nitrogens with zero attached hydrogens (tertiary/aromatic N) is 1. The number of nitrogen functional groups attached to an aromatic ring is 1. The van der Waals surface area contributed by atoms with Gasteiger partial charge in [0, 0.05) is 5.56 Å². The van der Waals surface area contributed by atoms with E-state index >= 15 is 0 Å². The SMILES string of the molecule is CC(C)c1cc(Sc2c(Cl)cc(NN)cc2Cl)n[nH]c1=O. The van der Waals surface area contributed by atoms with E-state index < -0.39 is 0 Å². The van der Waals surface area contributed by atoms with Gasteiger partial charge in [-0.05, 0) is 24.1 Å². The number of rotatable bonds is 4. The number of nitrogens with two attached hydrogens (primary N) is 1. The smallest absolute Gasteiger partial charge is 0.267 e. The van der Waals surface area contributed by atoms with Crippen LogP contribution in [0.5, 0.6) is 0 Å². The van der Waals surface area contributed by atoms with Crippen molar-refractivity contribution < 1.29 is 0 Å². The zero-order valence-electron chi connectivity index (χ0n) is 11.4. The van der Waals surface area contributed by atoms with Crippen LogP contribution in [0.15, 0.2) is 32.9 Å². The molecule has 0 bridgehead atoms. The lowest BCUT2D eigenvalue weighted by atomic mass is 10.1. The van der Waals surface area contributed by atoms with Gasteiger partial charge in [-0.1, -0.05) is 48.8 Å². The first kappa shape index (κ1) is 16.2. The second-order valence-corrected chi connectivity index (χ2v) is 6.51. The van der Waals surface area contributed by atoms with Crippen molar-refractivity contribution in [3.8, 4) is 0 Å². The summed E-state index contributed by atoms with van der Waals surface area (Å²) in [6.45, 7) is 3.89. The number of halogens is 2. The number of hydrogen-bond donors (Lipinski definition) is 3. The Morgan fingerprint density at radius 2 is 1.90 bits per heavy atom. The van der Waals surface area contributed by atoms with Crippen LogP contribution in [0.25, 0.3) is 0 Å². The molecule has 0 radical (unpaired) electrons. The third-order valence-corrected chi connectivity index (χ3v) is 4.68. The molecule has 1 aromatic heterocycles. The molecule has 1 heterocycles. The van der Waals surface area contributed by atoms with Crippen molar-refractivity contribution in [3.63, 3.8) is 0 Å². The Morgan fingerprint density at radius 1 is 1.29 bits per heavy atom. The van der Waals surface area contributed by atoms with Crippen molar-refractivity contribution in [2.24, 2.45) is 5.84 Å². The molecule has 0 aliphatic rings. The third kappa shape index (κ3) is 3.71. The predicted molar refractivity (Wildman–Crippen MR) is 87.3 cm³/mol. The topological polar surface area (TPSA) is 83.8 Å². The highest BCUT2D eigenvalue weighted by Gasteiger charge is 2.13. The quantitative estimate of drug-likeness (QED) is 0.582. The van der Waals surface area contributed by atoms with Gasteiger partial charge in [-0.2, -0.15) is 5.10 Å². The Kier molecular flexibility index (Phi) is 5.16. The van der Waals surface area contributed by atoms with Gasteiger partial charge in [-0.25, -0.2) is 5.10 Å². The lowest BCUT2D eigenvalue weighted by molar-refractivity contribution is 0.791. The summed E-state index contributed by atoms with van der Waals surface area (Å²) in [7, 11) is 0. The molecule has 2 aromatic rings. The third-order valence-electron chi connectivity index (χ3n) is 2.80. The number of hydrazine groups is 1. The van der Waals surface area contributed by atoms with Gasteiger partial charge in [0.1, 0.15) is 5.03 Å². The Bertz CT molecular complexity index is 695. The van der Waals surface area contributed by atoms with Crippen LogP contribution in [0.1, 0.15) is 25.3 Å². The van der Waals surface area contributed by atoms with Crippen molar-refractivity contribution in [1.82, 2.24) is 10.2 Å². The van der Waals surface area contributed by atoms with Crippen LogP contribution in [-0.4, -0.2) is 10.2 Å². The van der Waals surface area contributed by atoms with E-state index in [0.29, 0.717) is 31.2 Å². The molecule has 0 saturated carbocycles. The minimum atomic E-state index is -0.186. The number of anilines is 1. The lowest BCUT2D eigenvalue weighted by Crippen LogP contribution is -2.15. The average Bonchev–Trinajstić information content (AvgIpc) is 2.43. The first-order chi connectivity index (χ1) is 9.92. The molecule has 2 rings (SSSR count). The van der Waals surface area contributed by atoms with Crippen molar-refractivity contribution in [1.29, 1.82) is 0 Å². The summed E-state index contributed by atoms with van der Waals surface area (Å²) < 4.78 is 0. The lowest BCUT2D eigenvalue weighted by Gasteiger charge is -2.10. The minimum Gasteiger partial charge on any atom is -0.324 e. The zero-order chi connectivity index (χ0) is 15.6. The predicted octanol–water partition coefficient (Wildman–Crippen LogP) is 3.64. The summed E-state index contributed by atoms with van der Waals surface area (Å²) in [6, 6.07) is 5.09. The number of nitrogens with one attached hydrogen (secondary N) is 2. The van der Waals surface area contributed by atoms with E-state index in [1.807, 2.05) is 13.8 Å². The summed E-state index contributed by atoms with van der Waals surface area (Å²) in [5.74, 6) is 5.44. The van der Waals surface area contributed by atoms with E-state index in [2.05, 4.69) is 15.6 Å². The Morgan fingerprint density at radius 3 is 2.43 bits per heavy atom. The molecule has 0 aliphatic heterocycles. The summed E-state index contributed by atoms with van der Waals surface area (Å²) in [6.07, 6.45) is 0. The highest BCUT2D eigenvalue weighted by atomic mass is 35.5. The maximum atomic E-state index is 11.7. The standard InChI is InChI=1S/C13H14Cl2N4OS/c1-6(2)8-5-11(18-19-13(8)20)21-12-9(14)3-7(17-16)4-10(12)15/h3-6,17H,16H2,1-2H3,(H,19,20). The van der Waals surface area contributed by atoms with E-state index in [-0.39, 0.29) is 11.5 Å². The fourth-order valence-corrected chi connectivity index (χ4v) is 3.25. The van der Waals surface area contributed by atoms with Crippen LogP contribution >= 0.6 is 35.0 Å². The molecular weight excluding hydrogens is 331 g/mol. The number of aromatic nitrogens is 2. The van der Waals surface area contributed by atoms with E-state index in [9.17, 15) is 4.79 Å². The van der Waals surface area contributed by atoms with E-state index in [1.165, 1.54) is 11.8 Å². The fourth-order valence-electron chi connectivity index (χ4n) is 1.73. The monoisotopic (exact) mass is 344 g/mol. The summed E-state index contributed by atoms with van der Waals surface area (Å²) >= 11 is 13.7. The van der Waals surface area contributed by atoms with Crippen LogP contribution in [-0.2, 0) is 0 Å². The fraction of sp³-hybridized carbons (Fsp3) is 0.231. The van der Waals surface area contributed by atoms with Gasteiger partial charge in [-0.3, -0.25) is 10.6 Å². The van der Waals surface area contributed by atoms with Gasteiger partial charge >= 0.3 is 0 Å². The van der Waals surface area contributed by atoms with Crippen molar-refractivity contribution in [3.05, 3.63) is 44.2 Å². The minimum absolute atomic E-state index is 0.103. The maximum Gasteiger partial charge on any atom is 0.267 e. The second-order valence-electron chi connectivity index (χ2n) is 4.66. The summed E-state index contributed by atoms with van der Waals surface area (Å²) in [5.41, 5.74) is 3.59. The molecule has 1 aromatic carbocycles. The van der Waals surface area contributed by atoms with Gasteiger partial charge in [-0.15, -0.1) is 0 Å². The molecule has 8 heteroatoms. The molecule has 0 aliphatic carbocycles. The molecule has 0 fully saturated rings. The molecule has 21 heavy (non-hydrogen) atoms. The first-order valence-electron chi connectivity index (χ1n) is 6.15. The van der Waals surface area contributed by atoms with Crippen LogP contribution in [0.2, 0.25) is 10.0 Å². The average molecular weight is 345 g/mol. The molecule has 5 nitrogen and oxygen atoms in total. The van der Waals surface area contributed by atoms with Gasteiger partial charge in [0.2, 0.25) is 0 Å². The largest absolute Gasteiger partial charge is 0.324 e. The number of aromatic amines is 1. The van der Waals surface area contributed by atoms with Crippen molar-refractivity contribution >= 4 is 40.7 Å². The van der Waals surface area contributed by atoms with Gasteiger partial charge in [0.15, 0.2) is 0 Å².